The molecule has 0 aliphatic carbocycles. The first-order valence-electron chi connectivity index (χ1n) is 9.87. The quantitative estimate of drug-likeness (QED) is 0.721. The van der Waals surface area contributed by atoms with E-state index in [2.05, 4.69) is 5.32 Å². The Morgan fingerprint density at radius 3 is 2.67 bits per heavy atom. The molecule has 1 atom stereocenters. The van der Waals surface area contributed by atoms with Crippen LogP contribution < -0.4 is 5.32 Å². The molecular weight excluding hydrogens is 398 g/mol. The van der Waals surface area contributed by atoms with E-state index in [0.717, 1.165) is 28.1 Å². The maximum Gasteiger partial charge on any atom is 0.242 e. The van der Waals surface area contributed by atoms with E-state index in [4.69, 9.17) is 9.73 Å². The maximum atomic E-state index is 13.0. The lowest BCUT2D eigenvalue weighted by atomic mass is 10.1. The molecule has 0 saturated carbocycles. The Balaban J connectivity index is 1.76. The van der Waals surface area contributed by atoms with Crippen LogP contribution in [0.1, 0.15) is 23.1 Å². The first kappa shape index (κ1) is 22.1. The Hall–Kier alpha value is -2.64. The Bertz CT molecular complexity index is 974. The van der Waals surface area contributed by atoms with Gasteiger partial charge in [-0.2, -0.15) is 0 Å². The van der Waals surface area contributed by atoms with E-state index in [9.17, 15) is 9.59 Å². The topological polar surface area (TPSA) is 71.0 Å². The average molecular weight is 426 g/mol. The second-order valence-electron chi connectivity index (χ2n) is 7.34. The van der Waals surface area contributed by atoms with Crippen LogP contribution in [0.5, 0.6) is 0 Å². The average Bonchev–Trinajstić information content (AvgIpc) is 2.99. The van der Waals surface area contributed by atoms with E-state index in [0.29, 0.717) is 18.3 Å². The van der Waals surface area contributed by atoms with Crippen molar-refractivity contribution in [1.29, 1.82) is 0 Å². The summed E-state index contributed by atoms with van der Waals surface area (Å²) in [5.74, 6) is -0.293. The monoisotopic (exact) mass is 425 g/mol. The van der Waals surface area contributed by atoms with Gasteiger partial charge in [0.2, 0.25) is 11.8 Å². The van der Waals surface area contributed by atoms with Crippen molar-refractivity contribution in [2.45, 2.75) is 32.4 Å². The van der Waals surface area contributed by atoms with E-state index in [-0.39, 0.29) is 18.2 Å². The van der Waals surface area contributed by atoms with Gasteiger partial charge in [-0.15, -0.1) is 0 Å². The van der Waals surface area contributed by atoms with Gasteiger partial charge in [0.25, 0.3) is 0 Å². The lowest BCUT2D eigenvalue weighted by Crippen LogP contribution is -2.35. The number of carbonyl (C=O) groups is 2. The smallest absolute Gasteiger partial charge is 0.242 e. The molecule has 1 unspecified atom stereocenters. The number of hydrogen-bond acceptors (Lipinski definition) is 5. The molecule has 6 nitrogen and oxygen atoms in total. The highest BCUT2D eigenvalue weighted by Crippen LogP contribution is 2.32. The van der Waals surface area contributed by atoms with Crippen molar-refractivity contribution >= 4 is 40.1 Å². The highest BCUT2D eigenvalue weighted by molar-refractivity contribution is 8.15. The zero-order valence-corrected chi connectivity index (χ0v) is 18.6. The van der Waals surface area contributed by atoms with Crippen molar-refractivity contribution in [2.75, 3.05) is 25.6 Å². The summed E-state index contributed by atoms with van der Waals surface area (Å²) < 4.78 is 5.16. The number of amides is 2. The zero-order valence-electron chi connectivity index (χ0n) is 17.8. The van der Waals surface area contributed by atoms with Gasteiger partial charge in [0.15, 0.2) is 5.17 Å². The van der Waals surface area contributed by atoms with Gasteiger partial charge in [0.1, 0.15) is 5.25 Å². The van der Waals surface area contributed by atoms with Crippen LogP contribution in [-0.2, 0) is 14.3 Å². The van der Waals surface area contributed by atoms with Gasteiger partial charge in [0.05, 0.1) is 18.8 Å². The Labute approximate surface area is 181 Å². The molecule has 1 aliphatic rings. The molecular formula is C23H27N3O3S. The fraction of sp³-hybridized carbons (Fsp3) is 0.348. The molecule has 1 saturated heterocycles. The summed E-state index contributed by atoms with van der Waals surface area (Å²) in [6, 6.07) is 13.7. The molecule has 0 radical (unpaired) electrons. The van der Waals surface area contributed by atoms with Gasteiger partial charge in [-0.05, 0) is 49.6 Å². The fourth-order valence-electron chi connectivity index (χ4n) is 3.15. The van der Waals surface area contributed by atoms with Crippen LogP contribution in [0.4, 0.5) is 11.4 Å². The number of nitrogens with one attached hydrogen (secondary N) is 1. The number of nitrogens with zero attached hydrogens (tertiary/aromatic N) is 2. The van der Waals surface area contributed by atoms with Gasteiger partial charge in [-0.3, -0.25) is 14.5 Å². The lowest BCUT2D eigenvalue weighted by molar-refractivity contribution is -0.128. The van der Waals surface area contributed by atoms with Crippen molar-refractivity contribution in [3.63, 3.8) is 0 Å². The molecule has 2 amide bonds. The number of aryl methyl sites for hydroxylation is 3. The Morgan fingerprint density at radius 1 is 1.17 bits per heavy atom. The molecule has 0 aromatic heterocycles. The molecule has 1 heterocycles. The molecule has 7 heteroatoms. The van der Waals surface area contributed by atoms with Crippen LogP contribution in [0.15, 0.2) is 47.5 Å². The number of ether oxygens (including phenoxy) is 1. The first-order chi connectivity index (χ1) is 14.4. The third-order valence-electron chi connectivity index (χ3n) is 4.91. The molecule has 1 aliphatic heterocycles. The molecule has 3 rings (SSSR count). The number of methoxy groups -OCH3 is 1. The summed E-state index contributed by atoms with van der Waals surface area (Å²) in [5.41, 5.74) is 4.68. The van der Waals surface area contributed by atoms with E-state index in [1.165, 1.54) is 11.8 Å². The zero-order chi connectivity index (χ0) is 21.7. The SMILES string of the molecule is COCCN1C(=O)C(CC(=O)Nc2cc(C)ccc2C)SC1=Nc1ccccc1C. The number of thioether (sulfide) groups is 1. The summed E-state index contributed by atoms with van der Waals surface area (Å²) in [6.07, 6.45) is 0.0904. The van der Waals surface area contributed by atoms with Gasteiger partial charge in [-0.1, -0.05) is 42.1 Å². The largest absolute Gasteiger partial charge is 0.383 e. The van der Waals surface area contributed by atoms with Crippen molar-refractivity contribution in [3.05, 3.63) is 59.2 Å². The van der Waals surface area contributed by atoms with Crippen LogP contribution >= 0.6 is 11.8 Å². The van der Waals surface area contributed by atoms with Crippen LogP contribution in [0.3, 0.4) is 0 Å². The van der Waals surface area contributed by atoms with Crippen molar-refractivity contribution in [1.82, 2.24) is 4.90 Å². The summed E-state index contributed by atoms with van der Waals surface area (Å²) in [7, 11) is 1.60. The number of para-hydroxylation sites is 1. The number of rotatable bonds is 7. The van der Waals surface area contributed by atoms with Crippen molar-refractivity contribution in [3.8, 4) is 0 Å². The van der Waals surface area contributed by atoms with Crippen LogP contribution in [0.25, 0.3) is 0 Å². The van der Waals surface area contributed by atoms with Crippen LogP contribution in [0, 0.1) is 20.8 Å². The van der Waals surface area contributed by atoms with E-state index in [1.54, 1.807) is 12.0 Å². The molecule has 1 fully saturated rings. The Morgan fingerprint density at radius 2 is 1.93 bits per heavy atom. The number of hydrogen-bond donors (Lipinski definition) is 1. The maximum absolute atomic E-state index is 13.0. The van der Waals surface area contributed by atoms with E-state index < -0.39 is 5.25 Å². The summed E-state index contributed by atoms with van der Waals surface area (Å²) in [6.45, 7) is 6.72. The number of benzene rings is 2. The van der Waals surface area contributed by atoms with Crippen LogP contribution in [-0.4, -0.2) is 47.4 Å². The second-order valence-corrected chi connectivity index (χ2v) is 8.51. The number of anilines is 1. The molecule has 2 aromatic rings. The van der Waals surface area contributed by atoms with Gasteiger partial charge >= 0.3 is 0 Å². The molecule has 158 valence electrons. The molecule has 0 bridgehead atoms. The molecule has 2 aromatic carbocycles. The van der Waals surface area contributed by atoms with Gasteiger partial charge in [0, 0.05) is 19.2 Å². The standard InChI is InChI=1S/C23H27N3O3S/c1-15-9-10-17(3)19(13-15)24-21(27)14-20-22(28)26(11-12-29-4)23(30-20)25-18-8-6-5-7-16(18)2/h5-10,13,20H,11-12,14H2,1-4H3,(H,24,27). The molecule has 1 N–H and O–H groups in total. The van der Waals surface area contributed by atoms with Crippen LogP contribution in [0.2, 0.25) is 0 Å². The van der Waals surface area contributed by atoms with Crippen molar-refractivity contribution in [2.24, 2.45) is 4.99 Å². The number of aliphatic imine (C=N–C) groups is 1. The minimum atomic E-state index is -0.505. The molecule has 0 spiro atoms. The minimum absolute atomic E-state index is 0.0904. The third-order valence-corrected chi connectivity index (χ3v) is 6.08. The summed E-state index contributed by atoms with van der Waals surface area (Å²) in [4.78, 5) is 32.0. The highest BCUT2D eigenvalue weighted by Gasteiger charge is 2.39. The third kappa shape index (κ3) is 5.29. The number of amidine groups is 1. The predicted octanol–water partition coefficient (Wildman–Crippen LogP) is 4.22. The molecule has 30 heavy (non-hydrogen) atoms. The summed E-state index contributed by atoms with van der Waals surface area (Å²) in [5, 5.41) is 3.04. The first-order valence-corrected chi connectivity index (χ1v) is 10.8. The van der Waals surface area contributed by atoms with E-state index >= 15 is 0 Å². The Kier molecular flexibility index (Phi) is 7.29. The minimum Gasteiger partial charge on any atom is -0.383 e. The van der Waals surface area contributed by atoms with Gasteiger partial charge in [-0.25, -0.2) is 4.99 Å². The normalized spacial score (nSPS) is 17.6. The summed E-state index contributed by atoms with van der Waals surface area (Å²) >= 11 is 1.34. The second kappa shape index (κ2) is 9.91. The van der Waals surface area contributed by atoms with Crippen molar-refractivity contribution < 1.29 is 14.3 Å². The lowest BCUT2D eigenvalue weighted by Gasteiger charge is -2.16. The van der Waals surface area contributed by atoms with Gasteiger partial charge < -0.3 is 10.1 Å². The van der Waals surface area contributed by atoms with E-state index in [1.807, 2.05) is 63.2 Å². The fourth-order valence-corrected chi connectivity index (χ4v) is 4.32. The predicted molar refractivity (Wildman–Crippen MR) is 122 cm³/mol. The highest BCUT2D eigenvalue weighted by atomic mass is 32.2. The number of carbonyl (C=O) groups excluding carboxylic acids is 2.